The number of nitrogens with two attached hydrogens (primary N) is 1. The van der Waals surface area contributed by atoms with Crippen molar-refractivity contribution in [3.8, 4) is 0 Å². The van der Waals surface area contributed by atoms with E-state index in [1.807, 2.05) is 36.2 Å². The number of anilines is 1. The Morgan fingerprint density at radius 2 is 2.00 bits per heavy atom. The van der Waals surface area contributed by atoms with Crippen LogP contribution >= 0.6 is 0 Å². The molecule has 1 fully saturated rings. The first kappa shape index (κ1) is 13.9. The van der Waals surface area contributed by atoms with E-state index in [1.54, 1.807) is 0 Å². The number of rotatable bonds is 3. The van der Waals surface area contributed by atoms with Crippen LogP contribution in [-0.2, 0) is 11.2 Å². The first-order chi connectivity index (χ1) is 9.06. The van der Waals surface area contributed by atoms with Crippen molar-refractivity contribution in [2.45, 2.75) is 45.1 Å². The first-order valence-corrected chi connectivity index (χ1v) is 7.16. The van der Waals surface area contributed by atoms with Gasteiger partial charge >= 0.3 is 0 Å². The Hall–Kier alpha value is -1.51. The molecule has 0 saturated heterocycles. The number of hydrogen-bond donors (Lipinski definition) is 1. The van der Waals surface area contributed by atoms with Gasteiger partial charge in [0.1, 0.15) is 0 Å². The maximum Gasteiger partial charge on any atom is 0.226 e. The topological polar surface area (TPSA) is 46.3 Å². The van der Waals surface area contributed by atoms with E-state index in [9.17, 15) is 4.79 Å². The van der Waals surface area contributed by atoms with Crippen molar-refractivity contribution in [2.75, 3.05) is 12.8 Å². The number of hydrogen-bond acceptors (Lipinski definition) is 2. The third kappa shape index (κ3) is 3.72. The normalized spacial score (nSPS) is 23.1. The van der Waals surface area contributed by atoms with Crippen molar-refractivity contribution in [3.05, 3.63) is 29.8 Å². The van der Waals surface area contributed by atoms with Gasteiger partial charge in [0.05, 0.1) is 6.42 Å². The van der Waals surface area contributed by atoms with E-state index in [2.05, 4.69) is 6.92 Å². The standard InChI is InChI=1S/C16H24N2O/c1-12-4-3-5-15(10-12)18(2)16(19)11-13-6-8-14(17)9-7-13/h6-9,12,15H,3-5,10-11,17H2,1-2H3. The number of likely N-dealkylation sites (N-methyl/N-ethyl adjacent to an activating group) is 1. The fourth-order valence-electron chi connectivity index (χ4n) is 2.89. The molecule has 0 aliphatic heterocycles. The van der Waals surface area contributed by atoms with Gasteiger partial charge in [-0.3, -0.25) is 4.79 Å². The van der Waals surface area contributed by atoms with Gasteiger partial charge in [-0.15, -0.1) is 0 Å². The molecule has 1 amide bonds. The van der Waals surface area contributed by atoms with Gasteiger partial charge in [0, 0.05) is 18.8 Å². The van der Waals surface area contributed by atoms with Crippen molar-refractivity contribution in [1.29, 1.82) is 0 Å². The molecular formula is C16H24N2O. The lowest BCUT2D eigenvalue weighted by Crippen LogP contribution is -2.40. The summed E-state index contributed by atoms with van der Waals surface area (Å²) in [6.07, 6.45) is 5.31. The van der Waals surface area contributed by atoms with E-state index in [1.165, 1.54) is 12.8 Å². The number of amides is 1. The highest BCUT2D eigenvalue weighted by Gasteiger charge is 2.25. The summed E-state index contributed by atoms with van der Waals surface area (Å²) in [5, 5.41) is 0. The Morgan fingerprint density at radius 1 is 1.32 bits per heavy atom. The van der Waals surface area contributed by atoms with Crippen LogP contribution in [0.4, 0.5) is 5.69 Å². The summed E-state index contributed by atoms with van der Waals surface area (Å²) in [5.74, 6) is 0.953. The maximum absolute atomic E-state index is 12.3. The highest BCUT2D eigenvalue weighted by Crippen LogP contribution is 2.27. The molecule has 0 spiro atoms. The number of carbonyl (C=O) groups excluding carboxylic acids is 1. The van der Waals surface area contributed by atoms with Crippen LogP contribution in [0.5, 0.6) is 0 Å². The molecule has 0 heterocycles. The molecule has 19 heavy (non-hydrogen) atoms. The van der Waals surface area contributed by atoms with Gasteiger partial charge in [-0.25, -0.2) is 0 Å². The van der Waals surface area contributed by atoms with Crippen LogP contribution in [0.2, 0.25) is 0 Å². The molecule has 1 aliphatic carbocycles. The van der Waals surface area contributed by atoms with Crippen molar-refractivity contribution in [2.24, 2.45) is 5.92 Å². The Bertz CT molecular complexity index is 427. The van der Waals surface area contributed by atoms with Crippen LogP contribution in [0.3, 0.4) is 0 Å². The summed E-state index contributed by atoms with van der Waals surface area (Å²) in [7, 11) is 1.95. The molecule has 1 aromatic rings. The molecule has 2 rings (SSSR count). The van der Waals surface area contributed by atoms with Gasteiger partial charge in [0.25, 0.3) is 0 Å². The van der Waals surface area contributed by atoms with Crippen LogP contribution in [0.15, 0.2) is 24.3 Å². The largest absolute Gasteiger partial charge is 0.399 e. The Morgan fingerprint density at radius 3 is 2.63 bits per heavy atom. The number of benzene rings is 1. The predicted molar refractivity (Wildman–Crippen MR) is 78.7 cm³/mol. The van der Waals surface area contributed by atoms with Crippen LogP contribution in [0.25, 0.3) is 0 Å². The molecule has 2 unspecified atom stereocenters. The van der Waals surface area contributed by atoms with Gasteiger partial charge in [-0.1, -0.05) is 31.9 Å². The van der Waals surface area contributed by atoms with Crippen LogP contribution < -0.4 is 5.73 Å². The van der Waals surface area contributed by atoms with E-state index in [0.717, 1.165) is 30.0 Å². The third-order valence-electron chi connectivity index (χ3n) is 4.18. The lowest BCUT2D eigenvalue weighted by Gasteiger charge is -2.34. The van der Waals surface area contributed by atoms with Gasteiger partial charge < -0.3 is 10.6 Å². The van der Waals surface area contributed by atoms with Crippen LogP contribution in [-0.4, -0.2) is 23.9 Å². The lowest BCUT2D eigenvalue weighted by molar-refractivity contribution is -0.132. The molecule has 0 aromatic heterocycles. The quantitative estimate of drug-likeness (QED) is 0.849. The molecule has 3 heteroatoms. The monoisotopic (exact) mass is 260 g/mol. The van der Waals surface area contributed by atoms with Gasteiger partial charge in [0.15, 0.2) is 0 Å². The predicted octanol–water partition coefficient (Wildman–Crippen LogP) is 2.85. The maximum atomic E-state index is 12.3. The summed E-state index contributed by atoms with van der Waals surface area (Å²) >= 11 is 0. The average molecular weight is 260 g/mol. The third-order valence-corrected chi connectivity index (χ3v) is 4.18. The second-order valence-corrected chi connectivity index (χ2v) is 5.85. The number of carbonyl (C=O) groups is 1. The van der Waals surface area contributed by atoms with E-state index >= 15 is 0 Å². The molecular weight excluding hydrogens is 236 g/mol. The van der Waals surface area contributed by atoms with E-state index in [0.29, 0.717) is 12.5 Å². The van der Waals surface area contributed by atoms with E-state index in [-0.39, 0.29) is 5.91 Å². The molecule has 1 aromatic carbocycles. The van der Waals surface area contributed by atoms with Crippen molar-refractivity contribution in [3.63, 3.8) is 0 Å². The Labute approximate surface area is 115 Å². The highest BCUT2D eigenvalue weighted by atomic mass is 16.2. The first-order valence-electron chi connectivity index (χ1n) is 7.16. The van der Waals surface area contributed by atoms with Gasteiger partial charge in [-0.05, 0) is 36.5 Å². The highest BCUT2D eigenvalue weighted by molar-refractivity contribution is 5.79. The lowest BCUT2D eigenvalue weighted by atomic mass is 9.86. The zero-order valence-electron chi connectivity index (χ0n) is 11.9. The van der Waals surface area contributed by atoms with Crippen LogP contribution in [0.1, 0.15) is 38.2 Å². The number of nitrogen functional groups attached to an aromatic ring is 1. The van der Waals surface area contributed by atoms with Crippen LogP contribution in [0, 0.1) is 5.92 Å². The van der Waals surface area contributed by atoms with Gasteiger partial charge in [0.2, 0.25) is 5.91 Å². The molecule has 3 nitrogen and oxygen atoms in total. The van der Waals surface area contributed by atoms with Crippen molar-refractivity contribution in [1.82, 2.24) is 4.90 Å². The molecule has 0 bridgehead atoms. The number of nitrogens with zero attached hydrogens (tertiary/aromatic N) is 1. The SMILES string of the molecule is CC1CCCC(N(C)C(=O)Cc2ccc(N)cc2)C1. The van der Waals surface area contributed by atoms with E-state index < -0.39 is 0 Å². The van der Waals surface area contributed by atoms with E-state index in [4.69, 9.17) is 5.73 Å². The van der Waals surface area contributed by atoms with Gasteiger partial charge in [-0.2, -0.15) is 0 Å². The molecule has 1 aliphatic rings. The fraction of sp³-hybridized carbons (Fsp3) is 0.562. The summed E-state index contributed by atoms with van der Waals surface area (Å²) in [5.41, 5.74) is 7.43. The molecule has 2 atom stereocenters. The second kappa shape index (κ2) is 6.09. The minimum absolute atomic E-state index is 0.212. The average Bonchev–Trinajstić information content (AvgIpc) is 2.40. The molecule has 1 saturated carbocycles. The minimum Gasteiger partial charge on any atom is -0.399 e. The summed E-state index contributed by atoms with van der Waals surface area (Å²) in [6, 6.07) is 8.00. The smallest absolute Gasteiger partial charge is 0.226 e. The molecule has 2 N–H and O–H groups in total. The zero-order chi connectivity index (χ0) is 13.8. The van der Waals surface area contributed by atoms with Crippen molar-refractivity contribution < 1.29 is 4.79 Å². The summed E-state index contributed by atoms with van der Waals surface area (Å²) < 4.78 is 0. The molecule has 104 valence electrons. The molecule has 0 radical (unpaired) electrons. The summed E-state index contributed by atoms with van der Waals surface area (Å²) in [6.45, 7) is 2.28. The Balaban J connectivity index is 1.93. The minimum atomic E-state index is 0.212. The Kier molecular flexibility index (Phi) is 4.46. The second-order valence-electron chi connectivity index (χ2n) is 5.85. The van der Waals surface area contributed by atoms with Crippen molar-refractivity contribution >= 4 is 11.6 Å². The summed E-state index contributed by atoms with van der Waals surface area (Å²) in [4.78, 5) is 14.2. The zero-order valence-corrected chi connectivity index (χ0v) is 11.9. The fourth-order valence-corrected chi connectivity index (χ4v) is 2.89.